The summed E-state index contributed by atoms with van der Waals surface area (Å²) >= 11 is 5.83. The zero-order valence-electron chi connectivity index (χ0n) is 16.7. The van der Waals surface area contributed by atoms with Crippen molar-refractivity contribution in [2.45, 2.75) is 38.3 Å². The number of nitrogens with one attached hydrogen (secondary N) is 2. The van der Waals surface area contributed by atoms with Gasteiger partial charge in [0.25, 0.3) is 5.91 Å². The van der Waals surface area contributed by atoms with Crippen molar-refractivity contribution in [2.24, 2.45) is 9.98 Å². The van der Waals surface area contributed by atoms with Crippen LogP contribution in [-0.4, -0.2) is 44.0 Å². The Morgan fingerprint density at radius 2 is 1.97 bits per heavy atom. The van der Waals surface area contributed by atoms with Crippen molar-refractivity contribution >= 4 is 39.2 Å². The first kappa shape index (κ1) is 22.8. The van der Waals surface area contributed by atoms with Gasteiger partial charge in [-0.05, 0) is 45.5 Å². The van der Waals surface area contributed by atoms with Crippen LogP contribution in [0.5, 0.6) is 0 Å². The minimum Gasteiger partial charge on any atom is -0.333 e. The molecule has 1 aliphatic rings. The fourth-order valence-corrected chi connectivity index (χ4v) is 3.47. The van der Waals surface area contributed by atoms with E-state index >= 15 is 0 Å². The highest BCUT2D eigenvalue weighted by molar-refractivity contribution is 7.89. The van der Waals surface area contributed by atoms with E-state index in [4.69, 9.17) is 11.6 Å². The van der Waals surface area contributed by atoms with Gasteiger partial charge < -0.3 is 5.32 Å². The topological polar surface area (TPSA) is 103 Å². The molecular formula is C19H24ClN5O3S. The molecule has 0 aromatic heterocycles. The van der Waals surface area contributed by atoms with E-state index in [-0.39, 0.29) is 34.4 Å². The van der Waals surface area contributed by atoms with Crippen LogP contribution in [0.15, 0.2) is 62.7 Å². The lowest BCUT2D eigenvalue weighted by atomic mass is 10.2. The molecule has 1 aliphatic heterocycles. The molecule has 29 heavy (non-hydrogen) atoms. The number of aliphatic imine (C=N–C) groups is 2. The number of piperazine rings is 1. The number of hydrogen-bond acceptors (Lipinski definition) is 5. The molecule has 156 valence electrons. The van der Waals surface area contributed by atoms with E-state index in [0.29, 0.717) is 11.5 Å². The van der Waals surface area contributed by atoms with Gasteiger partial charge in [0.15, 0.2) is 11.7 Å². The largest absolute Gasteiger partial charge is 0.333 e. The molecule has 1 heterocycles. The smallest absolute Gasteiger partial charge is 0.295 e. The highest BCUT2D eigenvalue weighted by atomic mass is 35.5. The number of halogens is 1. The zero-order chi connectivity index (χ0) is 21.8. The molecule has 1 saturated heterocycles. The van der Waals surface area contributed by atoms with Gasteiger partial charge in [-0.15, -0.1) is 0 Å². The molecule has 2 rings (SSSR count). The Balaban J connectivity index is 2.32. The van der Waals surface area contributed by atoms with Crippen LogP contribution < -0.4 is 10.0 Å². The summed E-state index contributed by atoms with van der Waals surface area (Å²) in [5, 5.41) is 3.06. The van der Waals surface area contributed by atoms with Gasteiger partial charge in [-0.1, -0.05) is 36.4 Å². The van der Waals surface area contributed by atoms with Crippen LogP contribution in [0.25, 0.3) is 0 Å². The first-order valence-electron chi connectivity index (χ1n) is 8.88. The predicted molar refractivity (Wildman–Crippen MR) is 115 cm³/mol. The first-order valence-corrected chi connectivity index (χ1v) is 10.7. The summed E-state index contributed by atoms with van der Waals surface area (Å²) in [7, 11) is -2.15. The maximum atomic E-state index is 12.9. The van der Waals surface area contributed by atoms with Gasteiger partial charge in [0.1, 0.15) is 5.16 Å². The van der Waals surface area contributed by atoms with Gasteiger partial charge in [-0.3, -0.25) is 14.7 Å². The van der Waals surface area contributed by atoms with Gasteiger partial charge in [0.2, 0.25) is 10.0 Å². The van der Waals surface area contributed by atoms with E-state index in [9.17, 15) is 13.2 Å². The van der Waals surface area contributed by atoms with Crippen molar-refractivity contribution in [3.63, 3.8) is 0 Å². The van der Waals surface area contributed by atoms with E-state index in [0.717, 1.165) is 5.56 Å². The van der Waals surface area contributed by atoms with Crippen molar-refractivity contribution in [1.82, 2.24) is 14.9 Å². The summed E-state index contributed by atoms with van der Waals surface area (Å²) in [6, 6.07) is 6.12. The lowest BCUT2D eigenvalue weighted by Crippen LogP contribution is -2.56. The molecule has 1 aromatic rings. The Bertz CT molecular complexity index is 995. The number of allylic oxidation sites excluding steroid dienone is 1. The molecule has 2 N–H and O–H groups in total. The van der Waals surface area contributed by atoms with Crippen LogP contribution in [0, 0.1) is 0 Å². The lowest BCUT2D eigenvalue weighted by Gasteiger charge is -2.34. The molecule has 0 atom stereocenters. The molecule has 0 bridgehead atoms. The van der Waals surface area contributed by atoms with Gasteiger partial charge >= 0.3 is 0 Å². The fraction of sp³-hybridized carbons (Fsp3) is 0.316. The number of carbonyl (C=O) groups is 1. The fourth-order valence-electron chi connectivity index (χ4n) is 2.66. The van der Waals surface area contributed by atoms with E-state index in [1.54, 1.807) is 18.2 Å². The number of benzene rings is 1. The van der Waals surface area contributed by atoms with E-state index in [1.165, 1.54) is 24.1 Å². The zero-order valence-corrected chi connectivity index (χ0v) is 18.3. The van der Waals surface area contributed by atoms with Crippen molar-refractivity contribution in [2.75, 3.05) is 7.05 Å². The maximum Gasteiger partial charge on any atom is 0.295 e. The molecule has 1 fully saturated rings. The number of nitrogens with zero attached hydrogens (tertiary/aromatic N) is 3. The summed E-state index contributed by atoms with van der Waals surface area (Å²) in [4.78, 5) is 23.2. The molecule has 8 nitrogen and oxygen atoms in total. The number of sulfonamides is 1. The highest BCUT2D eigenvalue weighted by Crippen LogP contribution is 2.17. The van der Waals surface area contributed by atoms with E-state index in [2.05, 4.69) is 26.6 Å². The van der Waals surface area contributed by atoms with Gasteiger partial charge in [-0.25, -0.2) is 18.1 Å². The van der Waals surface area contributed by atoms with Crippen molar-refractivity contribution in [3.05, 3.63) is 53.3 Å². The third kappa shape index (κ3) is 5.31. The lowest BCUT2D eigenvalue weighted by molar-refractivity contribution is -0.122. The van der Waals surface area contributed by atoms with Crippen LogP contribution in [0.1, 0.15) is 26.3 Å². The van der Waals surface area contributed by atoms with Crippen molar-refractivity contribution in [3.8, 4) is 0 Å². The van der Waals surface area contributed by atoms with Crippen LogP contribution in [0.2, 0.25) is 0 Å². The molecule has 0 radical (unpaired) electrons. The normalized spacial score (nSPS) is 19.3. The Kier molecular flexibility index (Phi) is 7.34. The van der Waals surface area contributed by atoms with Gasteiger partial charge in [0.05, 0.1) is 17.1 Å². The Morgan fingerprint density at radius 3 is 2.45 bits per heavy atom. The van der Waals surface area contributed by atoms with E-state index in [1.807, 2.05) is 20.8 Å². The van der Waals surface area contributed by atoms with Crippen LogP contribution in [-0.2, 0) is 21.4 Å². The van der Waals surface area contributed by atoms with Crippen molar-refractivity contribution in [1.29, 1.82) is 0 Å². The summed E-state index contributed by atoms with van der Waals surface area (Å²) in [6.45, 7) is 9.30. The molecule has 0 aliphatic carbocycles. The first-order chi connectivity index (χ1) is 13.6. The summed E-state index contributed by atoms with van der Waals surface area (Å²) in [5.41, 5.74) is 1.35. The monoisotopic (exact) mass is 437 g/mol. The molecular weight excluding hydrogens is 414 g/mol. The number of amides is 1. The van der Waals surface area contributed by atoms with E-state index < -0.39 is 10.0 Å². The minimum absolute atomic E-state index is 0.0663. The molecule has 0 unspecified atom stereocenters. The standard InChI is InChI=1S/C19H24ClN5O3S/c1-6-16-18(23-13(4)20)25(12(2)3)19(26)17(24-16)22-11-14-7-9-15(10-8-14)29(27,28)21-5/h6-10,12,21H,4,11H2,1-3,5H3,(H,22,24)/b16-6+,23-18?. The summed E-state index contributed by atoms with van der Waals surface area (Å²) in [5.74, 6) is 0.211. The predicted octanol–water partition coefficient (Wildman–Crippen LogP) is 2.35. The Hall–Kier alpha value is -2.49. The molecule has 0 spiro atoms. The third-order valence-corrected chi connectivity index (χ3v) is 5.61. The second-order valence-electron chi connectivity index (χ2n) is 6.42. The quantitative estimate of drug-likeness (QED) is 0.666. The summed E-state index contributed by atoms with van der Waals surface area (Å²) < 4.78 is 25.9. The van der Waals surface area contributed by atoms with Gasteiger partial charge in [-0.2, -0.15) is 0 Å². The molecule has 0 saturated carbocycles. The minimum atomic E-state index is -3.50. The second kappa shape index (κ2) is 9.34. The Morgan fingerprint density at radius 1 is 1.34 bits per heavy atom. The van der Waals surface area contributed by atoms with Crippen LogP contribution >= 0.6 is 11.6 Å². The molecule has 1 amide bonds. The average molecular weight is 438 g/mol. The van der Waals surface area contributed by atoms with Gasteiger partial charge in [0, 0.05) is 6.04 Å². The average Bonchev–Trinajstić information content (AvgIpc) is 2.67. The number of amidine groups is 2. The Labute approximate surface area is 176 Å². The number of hydrogen-bond donors (Lipinski definition) is 2. The highest BCUT2D eigenvalue weighted by Gasteiger charge is 2.34. The SMILES string of the molecule is C=C(Cl)N=C1/C(=C\C)NC(=NCc2ccc(S(=O)(=O)NC)cc2)C(=O)N1C(C)C. The second-order valence-corrected chi connectivity index (χ2v) is 8.75. The molecule has 1 aromatic carbocycles. The van der Waals surface area contributed by atoms with Crippen molar-refractivity contribution < 1.29 is 13.2 Å². The van der Waals surface area contributed by atoms with Crippen LogP contribution in [0.3, 0.4) is 0 Å². The molecule has 10 heteroatoms. The third-order valence-electron chi connectivity index (χ3n) is 4.10. The van der Waals surface area contributed by atoms with Crippen LogP contribution in [0.4, 0.5) is 0 Å². The number of rotatable bonds is 6. The maximum absolute atomic E-state index is 12.9. The summed E-state index contributed by atoms with van der Waals surface area (Å²) in [6.07, 6.45) is 1.77. The number of carbonyl (C=O) groups excluding carboxylic acids is 1.